The molecule has 0 spiro atoms. The molecule has 0 saturated carbocycles. The van der Waals surface area contributed by atoms with Crippen molar-refractivity contribution in [1.29, 1.82) is 0 Å². The minimum absolute atomic E-state index is 0.0920. The second-order valence-electron chi connectivity index (χ2n) is 7.15. The van der Waals surface area contributed by atoms with Crippen LogP contribution in [0.15, 0.2) is 96.0 Å². The fourth-order valence-electron chi connectivity index (χ4n) is 2.75. The van der Waals surface area contributed by atoms with Gasteiger partial charge in [0.2, 0.25) is 0 Å². The number of alkyl halides is 1. The summed E-state index contributed by atoms with van der Waals surface area (Å²) in [6.45, 7) is 10.7. The first kappa shape index (κ1) is 27.6. The fourth-order valence-corrected chi connectivity index (χ4v) is 3.25. The van der Waals surface area contributed by atoms with Crippen molar-refractivity contribution in [1.82, 2.24) is 0 Å². The summed E-state index contributed by atoms with van der Waals surface area (Å²) in [5, 5.41) is 3.30. The molecule has 32 heavy (non-hydrogen) atoms. The van der Waals surface area contributed by atoms with Crippen molar-refractivity contribution in [3.8, 4) is 0 Å². The van der Waals surface area contributed by atoms with Crippen LogP contribution in [0.3, 0.4) is 0 Å². The van der Waals surface area contributed by atoms with Gasteiger partial charge in [-0.25, -0.2) is 4.39 Å². The average molecular weight is 544 g/mol. The first-order valence-electron chi connectivity index (χ1n) is 10.9. The van der Waals surface area contributed by atoms with Gasteiger partial charge in [0.1, 0.15) is 5.82 Å². The van der Waals surface area contributed by atoms with Crippen LogP contribution in [0.25, 0.3) is 0 Å². The standard InChI is InChI=1S/C14H17FIN.C12H11N.C2H6/c1-4-5-8-17-10-11-6-7-12(15)9-13(11)14(2,3)16;1-3-7-11(8-4-1)13-12-9-5-2-6-10-12;1-2/h4-9H,10H2,1-3H3;1-10,13H;1-2H3/b5-4-,17-8?;;. The second-order valence-corrected chi connectivity index (χ2v) is 9.84. The van der Waals surface area contributed by atoms with Gasteiger partial charge in [-0.1, -0.05) is 85.0 Å². The highest BCUT2D eigenvalue weighted by Crippen LogP contribution is 2.33. The van der Waals surface area contributed by atoms with E-state index in [2.05, 4.69) is 46.7 Å². The number of aliphatic imine (C=N–C) groups is 1. The zero-order valence-electron chi connectivity index (χ0n) is 19.6. The Labute approximate surface area is 206 Å². The third-order valence-electron chi connectivity index (χ3n) is 4.19. The highest BCUT2D eigenvalue weighted by molar-refractivity contribution is 14.1. The summed E-state index contributed by atoms with van der Waals surface area (Å²) in [6.07, 6.45) is 5.59. The molecule has 2 nitrogen and oxygen atoms in total. The molecule has 0 aliphatic heterocycles. The zero-order valence-corrected chi connectivity index (χ0v) is 21.8. The van der Waals surface area contributed by atoms with E-state index in [0.29, 0.717) is 6.54 Å². The molecule has 0 heterocycles. The number of para-hydroxylation sites is 2. The largest absolute Gasteiger partial charge is 0.356 e. The molecule has 0 bridgehead atoms. The highest BCUT2D eigenvalue weighted by Gasteiger charge is 2.20. The third kappa shape index (κ3) is 10.7. The molecule has 4 heteroatoms. The van der Waals surface area contributed by atoms with Crippen molar-refractivity contribution in [3.63, 3.8) is 0 Å². The minimum Gasteiger partial charge on any atom is -0.356 e. The Morgan fingerprint density at radius 1 is 0.906 bits per heavy atom. The molecule has 170 valence electrons. The summed E-state index contributed by atoms with van der Waals surface area (Å²) in [4.78, 5) is 4.30. The average Bonchev–Trinajstić information content (AvgIpc) is 2.80. The Balaban J connectivity index is 0.000000305. The van der Waals surface area contributed by atoms with E-state index in [-0.39, 0.29) is 9.24 Å². The summed E-state index contributed by atoms with van der Waals surface area (Å²) in [7, 11) is 0. The number of nitrogens with one attached hydrogen (secondary N) is 1. The molecule has 0 aliphatic rings. The molecule has 3 aromatic rings. The van der Waals surface area contributed by atoms with Gasteiger partial charge in [0, 0.05) is 21.0 Å². The lowest BCUT2D eigenvalue weighted by Crippen LogP contribution is -2.10. The van der Waals surface area contributed by atoms with Crippen LogP contribution in [0, 0.1) is 5.82 Å². The normalized spacial score (nSPS) is 10.8. The van der Waals surface area contributed by atoms with Crippen LogP contribution in [0.4, 0.5) is 15.8 Å². The summed E-state index contributed by atoms with van der Waals surface area (Å²) >= 11 is 2.32. The van der Waals surface area contributed by atoms with E-state index in [1.54, 1.807) is 12.3 Å². The third-order valence-corrected chi connectivity index (χ3v) is 4.78. The van der Waals surface area contributed by atoms with Gasteiger partial charge in [0.05, 0.1) is 6.54 Å². The Morgan fingerprint density at radius 3 is 1.91 bits per heavy atom. The fraction of sp³-hybridized carbons (Fsp3) is 0.250. The van der Waals surface area contributed by atoms with E-state index in [9.17, 15) is 4.39 Å². The smallest absolute Gasteiger partial charge is 0.123 e. The van der Waals surface area contributed by atoms with E-state index >= 15 is 0 Å². The maximum Gasteiger partial charge on any atom is 0.123 e. The summed E-state index contributed by atoms with van der Waals surface area (Å²) < 4.78 is 13.2. The predicted molar refractivity (Wildman–Crippen MR) is 148 cm³/mol. The molecule has 0 aromatic heterocycles. The van der Waals surface area contributed by atoms with E-state index < -0.39 is 0 Å². The van der Waals surface area contributed by atoms with Crippen molar-refractivity contribution in [2.45, 2.75) is 44.6 Å². The van der Waals surface area contributed by atoms with Gasteiger partial charge in [0.15, 0.2) is 0 Å². The van der Waals surface area contributed by atoms with Gasteiger partial charge in [-0.2, -0.15) is 0 Å². The number of nitrogens with zero attached hydrogens (tertiary/aromatic N) is 1. The second kappa shape index (κ2) is 15.4. The Kier molecular flexibility index (Phi) is 13.2. The number of allylic oxidation sites excluding steroid dienone is 2. The van der Waals surface area contributed by atoms with E-state index in [1.807, 2.05) is 99.7 Å². The predicted octanol–water partition coefficient (Wildman–Crippen LogP) is 9.10. The van der Waals surface area contributed by atoms with Crippen molar-refractivity contribution in [2.24, 2.45) is 4.99 Å². The number of rotatable bonds is 6. The monoisotopic (exact) mass is 544 g/mol. The lowest BCUT2D eigenvalue weighted by atomic mass is 9.97. The molecular weight excluding hydrogens is 510 g/mol. The van der Waals surface area contributed by atoms with Gasteiger partial charge < -0.3 is 5.32 Å². The Morgan fingerprint density at radius 2 is 1.44 bits per heavy atom. The maximum atomic E-state index is 13.3. The summed E-state index contributed by atoms with van der Waals surface area (Å²) in [5.74, 6) is -0.189. The lowest BCUT2D eigenvalue weighted by Gasteiger charge is -2.20. The Hall–Kier alpha value is -2.47. The molecule has 0 unspecified atom stereocenters. The van der Waals surface area contributed by atoms with E-state index in [4.69, 9.17) is 0 Å². The molecule has 0 radical (unpaired) electrons. The zero-order chi connectivity index (χ0) is 23.8. The van der Waals surface area contributed by atoms with E-state index in [1.165, 1.54) is 6.07 Å². The molecule has 0 fully saturated rings. The van der Waals surface area contributed by atoms with Crippen LogP contribution in [-0.4, -0.2) is 6.21 Å². The van der Waals surface area contributed by atoms with Crippen LogP contribution >= 0.6 is 22.6 Å². The number of hydrogen-bond acceptors (Lipinski definition) is 2. The lowest BCUT2D eigenvalue weighted by molar-refractivity contribution is 0.620. The van der Waals surface area contributed by atoms with Gasteiger partial charge in [-0.05, 0) is 74.4 Å². The first-order valence-corrected chi connectivity index (χ1v) is 11.9. The van der Waals surface area contributed by atoms with Crippen LogP contribution in [0.2, 0.25) is 0 Å². The first-order chi connectivity index (χ1) is 15.4. The maximum absolute atomic E-state index is 13.3. The Bertz CT molecular complexity index is 909. The van der Waals surface area contributed by atoms with Gasteiger partial charge >= 0.3 is 0 Å². The van der Waals surface area contributed by atoms with Crippen molar-refractivity contribution >= 4 is 40.2 Å². The highest BCUT2D eigenvalue weighted by atomic mass is 127. The van der Waals surface area contributed by atoms with Gasteiger partial charge in [-0.3, -0.25) is 4.99 Å². The number of anilines is 2. The van der Waals surface area contributed by atoms with Crippen LogP contribution < -0.4 is 5.32 Å². The molecule has 0 amide bonds. The topological polar surface area (TPSA) is 24.4 Å². The SMILES string of the molecule is C/C=C\C=NCc1ccc(F)cc1C(C)(C)I.CC.c1ccc(Nc2ccccc2)cc1. The summed E-state index contributed by atoms with van der Waals surface area (Å²) in [6, 6.07) is 25.2. The van der Waals surface area contributed by atoms with E-state index in [0.717, 1.165) is 22.5 Å². The molecule has 0 aliphatic carbocycles. The minimum atomic E-state index is -0.189. The molecular formula is C28H34FIN2. The number of halogens is 2. The molecule has 1 N–H and O–H groups in total. The molecule has 3 rings (SSSR count). The summed E-state index contributed by atoms with van der Waals surface area (Å²) in [5.41, 5.74) is 4.32. The van der Waals surface area contributed by atoms with Crippen LogP contribution in [-0.2, 0) is 9.97 Å². The molecule has 0 saturated heterocycles. The van der Waals surface area contributed by atoms with Gasteiger partial charge in [0.25, 0.3) is 0 Å². The van der Waals surface area contributed by atoms with Crippen molar-refractivity contribution < 1.29 is 4.39 Å². The molecule has 0 atom stereocenters. The quantitative estimate of drug-likeness (QED) is 0.187. The number of benzene rings is 3. The van der Waals surface area contributed by atoms with Gasteiger partial charge in [-0.15, -0.1) is 0 Å². The van der Waals surface area contributed by atoms with Crippen LogP contribution in [0.5, 0.6) is 0 Å². The van der Waals surface area contributed by atoms with Crippen LogP contribution in [0.1, 0.15) is 45.7 Å². The van der Waals surface area contributed by atoms with Crippen molar-refractivity contribution in [3.05, 3.63) is 108 Å². The molecule has 3 aromatic carbocycles. The number of hydrogen-bond donors (Lipinski definition) is 1. The van der Waals surface area contributed by atoms with Crippen molar-refractivity contribution in [2.75, 3.05) is 5.32 Å².